The minimum atomic E-state index is -5.29. The van der Waals surface area contributed by atoms with E-state index in [1.165, 1.54) is 42.5 Å². The monoisotopic (exact) mass is 704 g/mol. The molecular weight excluding hydrogens is 685 g/mol. The van der Waals surface area contributed by atoms with Gasteiger partial charge >= 0.3 is 12.4 Å². The number of carbonyl (C=O) groups is 1. The van der Waals surface area contributed by atoms with E-state index in [9.17, 15) is 31.1 Å². The summed E-state index contributed by atoms with van der Waals surface area (Å²) >= 11 is 17.9. The molecule has 0 atom stereocenters. The lowest BCUT2D eigenvalue weighted by Gasteiger charge is -2.21. The summed E-state index contributed by atoms with van der Waals surface area (Å²) in [6, 6.07) is 10.0. The van der Waals surface area contributed by atoms with E-state index in [1.807, 2.05) is 19.2 Å². The summed E-state index contributed by atoms with van der Waals surface area (Å²) in [5.41, 5.74) is -2.86. The minimum Gasteiger partial charge on any atom is -0.484 e. The zero-order chi connectivity index (χ0) is 33.6. The number of anilines is 1. The molecule has 5 aromatic rings. The summed E-state index contributed by atoms with van der Waals surface area (Å²) in [5, 5.41) is 3.11. The number of rotatable bonds is 8. The highest BCUT2D eigenvalue weighted by Gasteiger charge is 2.43. The third-order valence-electron chi connectivity index (χ3n) is 6.71. The average Bonchev–Trinajstić information content (AvgIpc) is 3.61. The number of H-pyrrole nitrogens is 1. The second-order valence-corrected chi connectivity index (χ2v) is 11.5. The highest BCUT2D eigenvalue weighted by molar-refractivity contribution is 6.43. The quantitative estimate of drug-likeness (QED) is 0.124. The van der Waals surface area contributed by atoms with Crippen molar-refractivity contribution in [2.75, 3.05) is 5.32 Å². The summed E-state index contributed by atoms with van der Waals surface area (Å²) in [6.07, 6.45) is -8.88. The average molecular weight is 706 g/mol. The van der Waals surface area contributed by atoms with Crippen LogP contribution in [0, 0.1) is 0 Å². The molecule has 2 aromatic heterocycles. The Kier molecular flexibility index (Phi) is 9.18. The van der Waals surface area contributed by atoms with E-state index in [1.54, 1.807) is 6.20 Å². The van der Waals surface area contributed by atoms with Crippen molar-refractivity contribution < 1.29 is 45.0 Å². The molecule has 242 valence electrons. The first-order chi connectivity index (χ1) is 21.5. The van der Waals surface area contributed by atoms with Gasteiger partial charge in [-0.05, 0) is 60.0 Å². The zero-order valence-electron chi connectivity index (χ0n) is 23.6. The van der Waals surface area contributed by atoms with E-state index in [2.05, 4.69) is 4.98 Å². The SMILES string of the molecule is CC(C)c1c[nH]c2ccc(Oc3c(C(F)(F)F)cc(NC(=O)c4ccc(COc5cc(Cl)c(Cl)cc5Cl)o4)cc3C(F)(F)F)cc12. The fourth-order valence-electron chi connectivity index (χ4n) is 4.55. The lowest BCUT2D eigenvalue weighted by Crippen LogP contribution is -2.17. The van der Waals surface area contributed by atoms with Gasteiger partial charge in [0.2, 0.25) is 0 Å². The maximum atomic E-state index is 14.2. The maximum absolute atomic E-state index is 14.2. The highest BCUT2D eigenvalue weighted by Crippen LogP contribution is 2.48. The summed E-state index contributed by atoms with van der Waals surface area (Å²) in [4.78, 5) is 15.8. The number of aromatic nitrogens is 1. The molecule has 0 aliphatic heterocycles. The van der Waals surface area contributed by atoms with Crippen molar-refractivity contribution in [3.05, 3.63) is 104 Å². The molecule has 0 spiro atoms. The van der Waals surface area contributed by atoms with Gasteiger partial charge in [-0.2, -0.15) is 26.3 Å². The van der Waals surface area contributed by atoms with Crippen LogP contribution in [0.5, 0.6) is 17.2 Å². The van der Waals surface area contributed by atoms with Crippen LogP contribution in [0.25, 0.3) is 10.9 Å². The number of aromatic amines is 1. The molecule has 0 radical (unpaired) electrons. The fraction of sp³-hybridized carbons (Fsp3) is 0.194. The third-order valence-corrected chi connectivity index (χ3v) is 7.73. The van der Waals surface area contributed by atoms with Crippen LogP contribution >= 0.6 is 34.8 Å². The smallest absolute Gasteiger partial charge is 0.420 e. The van der Waals surface area contributed by atoms with Gasteiger partial charge in [0.25, 0.3) is 5.91 Å². The van der Waals surface area contributed by atoms with Crippen LogP contribution in [0.3, 0.4) is 0 Å². The fourth-order valence-corrected chi connectivity index (χ4v) is 5.14. The first-order valence-electron chi connectivity index (χ1n) is 13.3. The van der Waals surface area contributed by atoms with E-state index >= 15 is 0 Å². The second kappa shape index (κ2) is 12.7. The molecule has 0 saturated carbocycles. The van der Waals surface area contributed by atoms with Crippen LogP contribution in [0.15, 0.2) is 65.2 Å². The predicted octanol–water partition coefficient (Wildman–Crippen LogP) is 11.5. The molecule has 15 heteroatoms. The number of nitrogens with one attached hydrogen (secondary N) is 2. The predicted molar refractivity (Wildman–Crippen MR) is 161 cm³/mol. The van der Waals surface area contributed by atoms with Gasteiger partial charge in [0.15, 0.2) is 11.5 Å². The van der Waals surface area contributed by atoms with Crippen LogP contribution in [0.4, 0.5) is 32.0 Å². The summed E-state index contributed by atoms with van der Waals surface area (Å²) in [7, 11) is 0. The Hall–Kier alpha value is -4.00. The molecule has 1 amide bonds. The van der Waals surface area contributed by atoms with E-state index in [0.717, 1.165) is 5.56 Å². The van der Waals surface area contributed by atoms with Gasteiger partial charge in [0, 0.05) is 28.9 Å². The topological polar surface area (TPSA) is 76.5 Å². The summed E-state index contributed by atoms with van der Waals surface area (Å²) in [5.74, 6) is -2.99. The van der Waals surface area contributed by atoms with E-state index in [-0.39, 0.29) is 44.9 Å². The van der Waals surface area contributed by atoms with Gasteiger partial charge < -0.3 is 24.2 Å². The molecule has 0 unspecified atom stereocenters. The molecule has 2 heterocycles. The zero-order valence-corrected chi connectivity index (χ0v) is 25.9. The van der Waals surface area contributed by atoms with Crippen molar-refractivity contribution in [3.8, 4) is 17.2 Å². The summed E-state index contributed by atoms with van der Waals surface area (Å²) in [6.45, 7) is 3.52. The number of hydrogen-bond acceptors (Lipinski definition) is 4. The molecule has 0 aliphatic rings. The van der Waals surface area contributed by atoms with Crippen molar-refractivity contribution in [1.82, 2.24) is 4.98 Å². The molecule has 5 rings (SSSR count). The first-order valence-corrected chi connectivity index (χ1v) is 14.4. The standard InChI is InChI=1S/C31H21Cl3F6N2O4/c1-14(2)19-12-41-25-5-3-16(9-18(19)25)46-28-20(30(35,36)37)7-15(8-21(28)31(38,39)40)42-29(43)26-6-4-17(45-26)13-44-27-11-23(33)22(32)10-24(27)34/h3-12,14,41H,13H2,1-2H3,(H,42,43). The van der Waals surface area contributed by atoms with E-state index < -0.39 is 46.6 Å². The van der Waals surface area contributed by atoms with Crippen molar-refractivity contribution in [2.24, 2.45) is 0 Å². The van der Waals surface area contributed by atoms with Crippen molar-refractivity contribution in [3.63, 3.8) is 0 Å². The van der Waals surface area contributed by atoms with Crippen molar-refractivity contribution in [1.29, 1.82) is 0 Å². The second-order valence-electron chi connectivity index (χ2n) is 10.3. The molecule has 2 N–H and O–H groups in total. The molecule has 0 saturated heterocycles. The van der Waals surface area contributed by atoms with Gasteiger partial charge in [-0.25, -0.2) is 0 Å². The Labute approximate surface area is 272 Å². The number of fused-ring (bicyclic) bond motifs is 1. The minimum absolute atomic E-state index is 0.0159. The molecular formula is C31H21Cl3F6N2O4. The summed E-state index contributed by atoms with van der Waals surface area (Å²) < 4.78 is 101. The van der Waals surface area contributed by atoms with Gasteiger partial charge in [0.1, 0.15) is 35.0 Å². The van der Waals surface area contributed by atoms with Crippen LogP contribution in [0.1, 0.15) is 52.8 Å². The number of carbonyl (C=O) groups excluding carboxylic acids is 1. The van der Waals surface area contributed by atoms with E-state index in [0.29, 0.717) is 23.0 Å². The van der Waals surface area contributed by atoms with Crippen molar-refractivity contribution >= 4 is 57.3 Å². The van der Waals surface area contributed by atoms with Crippen LogP contribution in [-0.4, -0.2) is 10.9 Å². The number of amides is 1. The largest absolute Gasteiger partial charge is 0.484 e. The maximum Gasteiger partial charge on any atom is 0.420 e. The lowest BCUT2D eigenvalue weighted by atomic mass is 10.0. The Balaban J connectivity index is 1.43. The van der Waals surface area contributed by atoms with Crippen LogP contribution < -0.4 is 14.8 Å². The van der Waals surface area contributed by atoms with Crippen LogP contribution in [0.2, 0.25) is 15.1 Å². The molecule has 46 heavy (non-hydrogen) atoms. The van der Waals surface area contributed by atoms with Gasteiger partial charge in [-0.15, -0.1) is 0 Å². The number of furan rings is 1. The third kappa shape index (κ3) is 7.19. The van der Waals surface area contributed by atoms with Gasteiger partial charge in [0.05, 0.1) is 15.1 Å². The Morgan fingerprint density at radius 2 is 1.54 bits per heavy atom. The molecule has 3 aromatic carbocycles. The Morgan fingerprint density at radius 3 is 2.17 bits per heavy atom. The Morgan fingerprint density at radius 1 is 0.891 bits per heavy atom. The van der Waals surface area contributed by atoms with Gasteiger partial charge in [-0.3, -0.25) is 4.79 Å². The normalized spacial score (nSPS) is 12.2. The number of ether oxygens (including phenoxy) is 2. The Bertz CT molecular complexity index is 1900. The lowest BCUT2D eigenvalue weighted by molar-refractivity contribution is -0.144. The molecule has 6 nitrogen and oxygen atoms in total. The first kappa shape index (κ1) is 33.4. The number of hydrogen-bond donors (Lipinski definition) is 2. The van der Waals surface area contributed by atoms with Crippen LogP contribution in [-0.2, 0) is 19.0 Å². The molecule has 0 aliphatic carbocycles. The van der Waals surface area contributed by atoms with E-state index in [4.69, 9.17) is 48.7 Å². The highest BCUT2D eigenvalue weighted by atomic mass is 35.5. The van der Waals surface area contributed by atoms with Crippen molar-refractivity contribution in [2.45, 2.75) is 38.7 Å². The number of alkyl halides is 6. The van der Waals surface area contributed by atoms with Gasteiger partial charge in [-0.1, -0.05) is 48.7 Å². The molecule has 0 bridgehead atoms. The number of halogens is 9. The number of benzene rings is 3. The molecule has 0 fully saturated rings.